The summed E-state index contributed by atoms with van der Waals surface area (Å²) in [6, 6.07) is 3.57. The first-order valence-corrected chi connectivity index (χ1v) is 13.9. The second-order valence-corrected chi connectivity index (χ2v) is 12.2. The maximum Gasteiger partial charge on any atom is 0.405 e. The molecule has 2 amide bonds. The van der Waals surface area contributed by atoms with Crippen molar-refractivity contribution in [2.75, 3.05) is 0 Å². The van der Waals surface area contributed by atoms with Gasteiger partial charge in [-0.05, 0) is 113 Å². The van der Waals surface area contributed by atoms with E-state index in [9.17, 15) is 31.6 Å². The number of imide groups is 1. The molecule has 0 aliphatic heterocycles. The monoisotopic (exact) mass is 811 g/mol. The highest BCUT2D eigenvalue weighted by Crippen LogP contribution is 2.33. The van der Waals surface area contributed by atoms with Crippen molar-refractivity contribution in [1.82, 2.24) is 5.32 Å². The number of esters is 1. The summed E-state index contributed by atoms with van der Waals surface area (Å²) in [6.45, 7) is 0.670. The van der Waals surface area contributed by atoms with Gasteiger partial charge in [0.2, 0.25) is 5.91 Å². The van der Waals surface area contributed by atoms with Gasteiger partial charge in [0, 0.05) is 16.6 Å². The van der Waals surface area contributed by atoms with Crippen LogP contribution in [0.5, 0.6) is 0 Å². The topological polar surface area (TPSA) is 127 Å². The number of ether oxygens (including phenoxy) is 1. The number of carbonyl (C=O) groups excluding carboxylic acids is 3. The maximum atomic E-state index is 13.6. The zero-order valence-corrected chi connectivity index (χ0v) is 23.7. The van der Waals surface area contributed by atoms with Gasteiger partial charge in [-0.1, -0.05) is 0 Å². The van der Waals surface area contributed by atoms with Crippen molar-refractivity contribution in [2.45, 2.75) is 44.0 Å². The van der Waals surface area contributed by atoms with Gasteiger partial charge < -0.3 is 4.74 Å². The summed E-state index contributed by atoms with van der Waals surface area (Å²) in [6.07, 6.45) is -1.63. The minimum Gasteiger partial charge on any atom is -0.455 e. The first kappa shape index (κ1) is 28.0. The molecule has 14 heteroatoms. The molecular weight excluding hydrogens is 793 g/mol. The third-order valence-corrected chi connectivity index (χ3v) is 9.70. The van der Waals surface area contributed by atoms with Crippen LogP contribution in [0.25, 0.3) is 0 Å². The van der Waals surface area contributed by atoms with E-state index in [0.717, 1.165) is 10.7 Å². The lowest BCUT2D eigenvalue weighted by atomic mass is 9.81. The molecule has 1 aromatic rings. The van der Waals surface area contributed by atoms with E-state index in [4.69, 9.17) is 4.55 Å². The normalized spacial score (nSPS) is 20.3. The molecule has 1 unspecified atom stereocenters. The summed E-state index contributed by atoms with van der Waals surface area (Å²) >= 11 is 6.20. The third kappa shape index (κ3) is 6.68. The van der Waals surface area contributed by atoms with Crippen LogP contribution < -0.4 is 5.32 Å². The molecule has 1 aromatic carbocycles. The first-order valence-electron chi connectivity index (χ1n) is 9.20. The number of halogens is 5. The lowest BCUT2D eigenvalue weighted by Gasteiger charge is -2.28. The predicted octanol–water partition coefficient (Wildman–Crippen LogP) is 3.98. The van der Waals surface area contributed by atoms with E-state index in [1.54, 1.807) is 6.07 Å². The molecule has 32 heavy (non-hydrogen) atoms. The van der Waals surface area contributed by atoms with E-state index in [1.165, 1.54) is 0 Å². The molecule has 1 aliphatic rings. The third-order valence-electron chi connectivity index (χ3n) is 5.02. The standard InChI is InChI=1S/C18H18F2I3NO7S/c1-8(18(19,20)32(28,29)30)31-17(27)10-4-2-9(3-5-10)15(25)24-16(26)12-6-11(21)7-13(22)14(12)23/h6-10H,2-5H2,1H3,(H,24,25,26)(H,28,29,30). The Labute approximate surface area is 224 Å². The van der Waals surface area contributed by atoms with E-state index >= 15 is 0 Å². The van der Waals surface area contributed by atoms with Crippen molar-refractivity contribution in [3.05, 3.63) is 28.4 Å². The Morgan fingerprint density at radius 1 is 1.12 bits per heavy atom. The quantitative estimate of drug-likeness (QED) is 0.147. The van der Waals surface area contributed by atoms with Crippen LogP contribution in [0.4, 0.5) is 8.78 Å². The molecule has 0 spiro atoms. The van der Waals surface area contributed by atoms with Gasteiger partial charge in [0.25, 0.3) is 5.91 Å². The fourth-order valence-electron chi connectivity index (χ4n) is 3.14. The Balaban J connectivity index is 1.93. The van der Waals surface area contributed by atoms with Crippen LogP contribution in [0.15, 0.2) is 12.1 Å². The van der Waals surface area contributed by atoms with E-state index in [1.807, 2.05) is 28.7 Å². The van der Waals surface area contributed by atoms with Gasteiger partial charge in [-0.2, -0.15) is 17.2 Å². The molecule has 0 bridgehead atoms. The number of alkyl halides is 2. The summed E-state index contributed by atoms with van der Waals surface area (Å²) in [5.74, 6) is -3.39. The predicted molar refractivity (Wildman–Crippen MR) is 135 cm³/mol. The van der Waals surface area contributed by atoms with E-state index in [2.05, 4.69) is 55.2 Å². The number of rotatable bonds is 6. The van der Waals surface area contributed by atoms with Gasteiger partial charge in [-0.25, -0.2) is 0 Å². The largest absolute Gasteiger partial charge is 0.455 e. The van der Waals surface area contributed by atoms with E-state index < -0.39 is 51.1 Å². The van der Waals surface area contributed by atoms with Crippen LogP contribution in [0, 0.1) is 22.5 Å². The lowest BCUT2D eigenvalue weighted by Crippen LogP contribution is -2.43. The van der Waals surface area contributed by atoms with Crippen LogP contribution in [-0.4, -0.2) is 42.1 Å². The molecule has 2 N–H and O–H groups in total. The van der Waals surface area contributed by atoms with Crippen LogP contribution >= 0.6 is 67.8 Å². The van der Waals surface area contributed by atoms with E-state index in [-0.39, 0.29) is 25.7 Å². The van der Waals surface area contributed by atoms with E-state index in [0.29, 0.717) is 12.5 Å². The Morgan fingerprint density at radius 2 is 1.66 bits per heavy atom. The Hall–Kier alpha value is -0.210. The number of amides is 2. The van der Waals surface area contributed by atoms with Gasteiger partial charge in [-0.3, -0.25) is 24.3 Å². The summed E-state index contributed by atoms with van der Waals surface area (Å²) < 4.78 is 64.2. The van der Waals surface area contributed by atoms with Crippen LogP contribution in [0.1, 0.15) is 43.0 Å². The molecule has 1 saturated carbocycles. The number of carbonyl (C=O) groups is 3. The van der Waals surface area contributed by atoms with Gasteiger partial charge in [0.05, 0.1) is 11.5 Å². The second-order valence-electron chi connectivity index (χ2n) is 7.23. The molecular formula is C18H18F2I3NO7S. The van der Waals surface area contributed by atoms with Crippen molar-refractivity contribution >= 4 is 95.7 Å². The SMILES string of the molecule is CC(OC(=O)C1CCC(C(=O)NC(=O)c2cc(I)cc(I)c2I)CC1)C(F)(F)S(=O)(=O)O. The maximum absolute atomic E-state index is 13.6. The summed E-state index contributed by atoms with van der Waals surface area (Å²) in [7, 11) is -5.74. The summed E-state index contributed by atoms with van der Waals surface area (Å²) in [5.41, 5.74) is 0.376. The van der Waals surface area contributed by atoms with Gasteiger partial charge in [-0.15, -0.1) is 0 Å². The molecule has 0 aromatic heterocycles. The van der Waals surface area contributed by atoms with Crippen LogP contribution in [0.2, 0.25) is 0 Å². The zero-order valence-electron chi connectivity index (χ0n) is 16.4. The molecule has 0 heterocycles. The Bertz CT molecular complexity index is 1030. The van der Waals surface area contributed by atoms with Gasteiger partial charge in [0.1, 0.15) is 0 Å². The molecule has 178 valence electrons. The smallest absolute Gasteiger partial charge is 0.405 e. The highest BCUT2D eigenvalue weighted by atomic mass is 127. The molecule has 1 atom stereocenters. The molecule has 0 radical (unpaired) electrons. The average molecular weight is 811 g/mol. The lowest BCUT2D eigenvalue weighted by molar-refractivity contribution is -0.166. The van der Waals surface area contributed by atoms with Crippen molar-refractivity contribution in [3.8, 4) is 0 Å². The molecule has 0 saturated heterocycles. The molecule has 2 rings (SSSR count). The van der Waals surface area contributed by atoms with Crippen molar-refractivity contribution in [1.29, 1.82) is 0 Å². The van der Waals surface area contributed by atoms with Crippen molar-refractivity contribution < 1.29 is 40.9 Å². The zero-order chi connectivity index (χ0) is 24.4. The van der Waals surface area contributed by atoms with Crippen molar-refractivity contribution in [2.24, 2.45) is 11.8 Å². The number of hydrogen-bond donors (Lipinski definition) is 2. The molecule has 1 aliphatic carbocycles. The van der Waals surface area contributed by atoms with Gasteiger partial charge >= 0.3 is 21.3 Å². The second kappa shape index (κ2) is 11.0. The number of nitrogens with one attached hydrogen (secondary N) is 1. The number of hydrogen-bond acceptors (Lipinski definition) is 6. The minimum atomic E-state index is -5.74. The summed E-state index contributed by atoms with van der Waals surface area (Å²) in [5, 5.41) is -2.26. The fraction of sp³-hybridized carbons (Fsp3) is 0.500. The average Bonchev–Trinajstić information content (AvgIpc) is 2.69. The highest BCUT2D eigenvalue weighted by molar-refractivity contribution is 14.1. The minimum absolute atomic E-state index is 0.147. The van der Waals surface area contributed by atoms with Crippen molar-refractivity contribution in [3.63, 3.8) is 0 Å². The molecule has 1 fully saturated rings. The summed E-state index contributed by atoms with van der Waals surface area (Å²) in [4.78, 5) is 37.2. The first-order chi connectivity index (χ1) is 14.6. The fourth-order valence-corrected chi connectivity index (χ4v) is 6.01. The highest BCUT2D eigenvalue weighted by Gasteiger charge is 2.52. The van der Waals surface area contributed by atoms with Gasteiger partial charge in [0.15, 0.2) is 6.10 Å². The molecule has 8 nitrogen and oxygen atoms in total. The van der Waals surface area contributed by atoms with Crippen LogP contribution in [0.3, 0.4) is 0 Å². The number of benzene rings is 1. The Kier molecular flexibility index (Phi) is 9.65. The van der Waals surface area contributed by atoms with Crippen LogP contribution in [-0.2, 0) is 24.4 Å². The Morgan fingerprint density at radius 3 is 2.19 bits per heavy atom.